The van der Waals surface area contributed by atoms with Gasteiger partial charge < -0.3 is 15.4 Å². The van der Waals surface area contributed by atoms with Crippen molar-refractivity contribution in [2.45, 2.75) is 35.8 Å². The van der Waals surface area contributed by atoms with E-state index >= 15 is 0 Å². The van der Waals surface area contributed by atoms with Crippen molar-refractivity contribution in [2.75, 3.05) is 39.6 Å². The fourth-order valence-electron chi connectivity index (χ4n) is 3.50. The normalized spacial score (nSPS) is 21.6. The molecule has 2 fully saturated rings. The maximum Gasteiger partial charge on any atom is 0.191 e. The van der Waals surface area contributed by atoms with E-state index in [0.29, 0.717) is 0 Å². The van der Waals surface area contributed by atoms with Gasteiger partial charge in [0.15, 0.2) is 5.96 Å². The number of halogens is 1. The summed E-state index contributed by atoms with van der Waals surface area (Å²) in [4.78, 5) is 4.43. The molecule has 1 aromatic rings. The van der Waals surface area contributed by atoms with E-state index in [-0.39, 0.29) is 10.2 Å². The standard InChI is InChI=1S/C19H28BrN3OS/c1-21-17(23-14-19(25-2)9-11-24-12-10-19)22-13-18(7-8-18)15-5-3-4-6-16(15)20/h3-6H,7-14H2,1-2H3,(H2,21,22,23). The zero-order valence-corrected chi connectivity index (χ0v) is 17.5. The van der Waals surface area contributed by atoms with E-state index in [2.05, 4.69) is 62.1 Å². The highest BCUT2D eigenvalue weighted by Gasteiger charge is 2.45. The molecule has 6 heteroatoms. The van der Waals surface area contributed by atoms with E-state index < -0.39 is 0 Å². The van der Waals surface area contributed by atoms with E-state index in [0.717, 1.165) is 45.1 Å². The first kappa shape index (κ1) is 19.1. The molecule has 0 unspecified atom stereocenters. The van der Waals surface area contributed by atoms with E-state index in [9.17, 15) is 0 Å². The molecular formula is C19H28BrN3OS. The Labute approximate surface area is 163 Å². The summed E-state index contributed by atoms with van der Waals surface area (Å²) in [7, 11) is 1.85. The molecule has 1 aliphatic heterocycles. The van der Waals surface area contributed by atoms with Crippen LogP contribution in [0.2, 0.25) is 0 Å². The van der Waals surface area contributed by atoms with Crippen LogP contribution in [-0.4, -0.2) is 50.3 Å². The van der Waals surface area contributed by atoms with Gasteiger partial charge in [0.1, 0.15) is 0 Å². The van der Waals surface area contributed by atoms with Crippen LogP contribution in [0.5, 0.6) is 0 Å². The number of aliphatic imine (C=N–C) groups is 1. The van der Waals surface area contributed by atoms with Crippen LogP contribution in [0.3, 0.4) is 0 Å². The molecule has 4 nitrogen and oxygen atoms in total. The minimum absolute atomic E-state index is 0.244. The molecule has 1 saturated carbocycles. The highest BCUT2D eigenvalue weighted by atomic mass is 79.9. The Morgan fingerprint density at radius 2 is 1.84 bits per heavy atom. The number of thioether (sulfide) groups is 1. The monoisotopic (exact) mass is 425 g/mol. The fourth-order valence-corrected chi connectivity index (χ4v) is 5.00. The van der Waals surface area contributed by atoms with Crippen molar-refractivity contribution in [2.24, 2.45) is 4.99 Å². The van der Waals surface area contributed by atoms with Gasteiger partial charge in [0.2, 0.25) is 0 Å². The lowest BCUT2D eigenvalue weighted by Gasteiger charge is -2.36. The molecule has 1 aliphatic carbocycles. The van der Waals surface area contributed by atoms with Crippen LogP contribution in [0.25, 0.3) is 0 Å². The second-order valence-electron chi connectivity index (χ2n) is 7.04. The van der Waals surface area contributed by atoms with Crippen LogP contribution < -0.4 is 10.6 Å². The zero-order valence-electron chi connectivity index (χ0n) is 15.1. The van der Waals surface area contributed by atoms with Gasteiger partial charge in [0, 0.05) is 48.0 Å². The molecule has 3 rings (SSSR count). The number of nitrogens with zero attached hydrogens (tertiary/aromatic N) is 1. The van der Waals surface area contributed by atoms with Gasteiger partial charge in [0.05, 0.1) is 0 Å². The molecule has 138 valence electrons. The summed E-state index contributed by atoms with van der Waals surface area (Å²) >= 11 is 5.66. The van der Waals surface area contributed by atoms with Crippen LogP contribution in [0.1, 0.15) is 31.2 Å². The first-order valence-electron chi connectivity index (χ1n) is 8.96. The second kappa shape index (κ2) is 8.31. The summed E-state index contributed by atoms with van der Waals surface area (Å²) < 4.78 is 7.00. The minimum atomic E-state index is 0.244. The average molecular weight is 426 g/mol. The van der Waals surface area contributed by atoms with Crippen LogP contribution in [0.15, 0.2) is 33.7 Å². The summed E-state index contributed by atoms with van der Waals surface area (Å²) in [5.41, 5.74) is 1.65. The Kier molecular flexibility index (Phi) is 6.34. The van der Waals surface area contributed by atoms with Crippen molar-refractivity contribution in [3.63, 3.8) is 0 Å². The Hall–Kier alpha value is -0.720. The molecular weight excluding hydrogens is 398 g/mol. The Morgan fingerprint density at radius 3 is 2.44 bits per heavy atom. The van der Waals surface area contributed by atoms with Crippen molar-refractivity contribution >= 4 is 33.7 Å². The quantitative estimate of drug-likeness (QED) is 0.540. The first-order chi connectivity index (χ1) is 12.1. The van der Waals surface area contributed by atoms with Crippen molar-refractivity contribution in [3.8, 4) is 0 Å². The van der Waals surface area contributed by atoms with Gasteiger partial charge in [-0.1, -0.05) is 34.1 Å². The van der Waals surface area contributed by atoms with Gasteiger partial charge in [-0.25, -0.2) is 0 Å². The molecule has 0 bridgehead atoms. The SMILES string of the molecule is CN=C(NCC1(SC)CCOCC1)NCC1(c2ccccc2Br)CC1. The lowest BCUT2D eigenvalue weighted by atomic mass is 9.96. The number of ether oxygens (including phenoxy) is 1. The minimum Gasteiger partial charge on any atom is -0.381 e. The molecule has 0 spiro atoms. The summed E-state index contributed by atoms with van der Waals surface area (Å²) in [6.07, 6.45) is 6.85. The molecule has 2 N–H and O–H groups in total. The smallest absolute Gasteiger partial charge is 0.191 e. The Balaban J connectivity index is 1.56. The lowest BCUT2D eigenvalue weighted by molar-refractivity contribution is 0.0783. The van der Waals surface area contributed by atoms with Crippen LogP contribution in [0.4, 0.5) is 0 Å². The second-order valence-corrected chi connectivity index (χ2v) is 9.17. The molecule has 0 atom stereocenters. The predicted octanol–water partition coefficient (Wildman–Crippen LogP) is 3.56. The predicted molar refractivity (Wildman–Crippen MR) is 111 cm³/mol. The third-order valence-corrected chi connectivity index (χ3v) is 7.64. The van der Waals surface area contributed by atoms with E-state index in [1.165, 1.54) is 22.9 Å². The van der Waals surface area contributed by atoms with Crippen LogP contribution >= 0.6 is 27.7 Å². The Bertz CT molecular complexity index is 612. The van der Waals surface area contributed by atoms with E-state index in [4.69, 9.17) is 4.74 Å². The average Bonchev–Trinajstić information content (AvgIpc) is 3.44. The topological polar surface area (TPSA) is 45.7 Å². The van der Waals surface area contributed by atoms with Gasteiger partial charge in [0.25, 0.3) is 0 Å². The third kappa shape index (κ3) is 4.52. The fraction of sp³-hybridized carbons (Fsp3) is 0.632. The summed E-state index contributed by atoms with van der Waals surface area (Å²) in [5.74, 6) is 0.901. The molecule has 1 heterocycles. The highest BCUT2D eigenvalue weighted by molar-refractivity contribution is 9.10. The number of hydrogen-bond donors (Lipinski definition) is 2. The molecule has 0 radical (unpaired) electrons. The van der Waals surface area contributed by atoms with Crippen molar-refractivity contribution in [1.82, 2.24) is 10.6 Å². The molecule has 2 aliphatic rings. The molecule has 25 heavy (non-hydrogen) atoms. The van der Waals surface area contributed by atoms with Gasteiger partial charge in [-0.05, 0) is 43.6 Å². The number of nitrogens with one attached hydrogen (secondary N) is 2. The summed E-state index contributed by atoms with van der Waals surface area (Å²) in [5, 5.41) is 7.10. The lowest BCUT2D eigenvalue weighted by Crippen LogP contribution is -2.49. The van der Waals surface area contributed by atoms with Crippen molar-refractivity contribution in [3.05, 3.63) is 34.3 Å². The Morgan fingerprint density at radius 1 is 1.16 bits per heavy atom. The van der Waals surface area contributed by atoms with E-state index in [1.54, 1.807) is 0 Å². The number of hydrogen-bond acceptors (Lipinski definition) is 3. The molecule has 0 amide bonds. The summed E-state index contributed by atoms with van der Waals surface area (Å²) in [6.45, 7) is 3.57. The molecule has 1 aromatic carbocycles. The van der Waals surface area contributed by atoms with Gasteiger partial charge in [-0.2, -0.15) is 11.8 Å². The number of guanidine groups is 1. The van der Waals surface area contributed by atoms with Crippen LogP contribution in [-0.2, 0) is 10.2 Å². The third-order valence-electron chi connectivity index (χ3n) is 5.53. The van der Waals surface area contributed by atoms with Gasteiger partial charge >= 0.3 is 0 Å². The molecule has 1 saturated heterocycles. The zero-order chi connectivity index (χ0) is 17.8. The first-order valence-corrected chi connectivity index (χ1v) is 11.0. The highest BCUT2D eigenvalue weighted by Crippen LogP contribution is 2.49. The number of rotatable bonds is 6. The van der Waals surface area contributed by atoms with Gasteiger partial charge in [-0.15, -0.1) is 0 Å². The van der Waals surface area contributed by atoms with Crippen molar-refractivity contribution in [1.29, 1.82) is 0 Å². The van der Waals surface area contributed by atoms with Gasteiger partial charge in [-0.3, -0.25) is 4.99 Å². The van der Waals surface area contributed by atoms with Crippen LogP contribution in [0, 0.1) is 0 Å². The number of benzene rings is 1. The molecule has 0 aromatic heterocycles. The maximum atomic E-state index is 5.53. The maximum absolute atomic E-state index is 5.53. The van der Waals surface area contributed by atoms with Crippen molar-refractivity contribution < 1.29 is 4.74 Å². The largest absolute Gasteiger partial charge is 0.381 e. The summed E-state index contributed by atoms with van der Waals surface area (Å²) in [6, 6.07) is 8.57. The van der Waals surface area contributed by atoms with E-state index in [1.807, 2.05) is 18.8 Å².